The highest BCUT2D eigenvalue weighted by Crippen LogP contribution is 2.12. The van der Waals surface area contributed by atoms with E-state index in [1.165, 1.54) is 11.1 Å². The van der Waals surface area contributed by atoms with E-state index in [1.54, 1.807) is 14.0 Å². The Hall–Kier alpha value is -1.61. The van der Waals surface area contributed by atoms with E-state index in [1.807, 2.05) is 0 Å². The van der Waals surface area contributed by atoms with Gasteiger partial charge in [-0.1, -0.05) is 37.8 Å². The average Bonchev–Trinajstić information content (AvgIpc) is 2.45. The largest absolute Gasteiger partial charge is 0.462 e. The summed E-state index contributed by atoms with van der Waals surface area (Å²) in [6.45, 7) is 8.29. The van der Waals surface area contributed by atoms with Crippen LogP contribution in [-0.4, -0.2) is 26.3 Å². The van der Waals surface area contributed by atoms with Gasteiger partial charge in [0.2, 0.25) is 0 Å². The Balaban J connectivity index is 2.56. The van der Waals surface area contributed by atoms with Gasteiger partial charge in [-0.25, -0.2) is 4.79 Å². The number of carbonyl (C=O) groups excluding carboxylic acids is 1. The molecule has 1 aromatic rings. The summed E-state index contributed by atoms with van der Waals surface area (Å²) < 4.78 is 10.4. The Kier molecular flexibility index (Phi) is 7.02. The Morgan fingerprint density at radius 3 is 2.30 bits per heavy atom. The minimum absolute atomic E-state index is 0.163. The zero-order chi connectivity index (χ0) is 15.0. The second-order valence-corrected chi connectivity index (χ2v) is 5.07. The second kappa shape index (κ2) is 8.54. The van der Waals surface area contributed by atoms with Gasteiger partial charge in [0, 0.05) is 18.6 Å². The number of carbonyl (C=O) groups is 1. The number of esters is 1. The summed E-state index contributed by atoms with van der Waals surface area (Å²) in [5.74, 6) is -0.178. The van der Waals surface area contributed by atoms with Crippen molar-refractivity contribution in [2.75, 3.05) is 20.3 Å². The van der Waals surface area contributed by atoms with Gasteiger partial charge >= 0.3 is 5.97 Å². The number of methoxy groups -OCH3 is 1. The summed E-state index contributed by atoms with van der Waals surface area (Å²) >= 11 is 0. The molecule has 0 spiro atoms. The lowest BCUT2D eigenvalue weighted by atomic mass is 9.99. The predicted molar refractivity (Wildman–Crippen MR) is 80.7 cm³/mol. The van der Waals surface area contributed by atoms with Crippen LogP contribution in [0.25, 0.3) is 0 Å². The molecule has 1 rings (SSSR count). The summed E-state index contributed by atoms with van der Waals surface area (Å²) in [6, 6.07) is 8.53. The van der Waals surface area contributed by atoms with E-state index in [0.717, 1.165) is 12.8 Å². The van der Waals surface area contributed by atoms with E-state index in [-0.39, 0.29) is 11.9 Å². The SMILES string of the molecule is C=C(C)C(=O)OCC(COC)Cc1ccc(CC)cc1. The predicted octanol–water partition coefficient (Wildman–Crippen LogP) is 3.17. The Labute approximate surface area is 121 Å². The maximum absolute atomic E-state index is 11.4. The minimum atomic E-state index is -0.340. The summed E-state index contributed by atoms with van der Waals surface area (Å²) in [7, 11) is 1.66. The van der Waals surface area contributed by atoms with E-state index < -0.39 is 0 Å². The van der Waals surface area contributed by atoms with Crippen LogP contribution in [0.3, 0.4) is 0 Å². The van der Waals surface area contributed by atoms with Crippen molar-refractivity contribution in [2.24, 2.45) is 5.92 Å². The quantitative estimate of drug-likeness (QED) is 0.540. The zero-order valence-corrected chi connectivity index (χ0v) is 12.6. The van der Waals surface area contributed by atoms with Crippen molar-refractivity contribution < 1.29 is 14.3 Å². The lowest BCUT2D eigenvalue weighted by Crippen LogP contribution is -2.20. The highest BCUT2D eigenvalue weighted by Gasteiger charge is 2.13. The monoisotopic (exact) mass is 276 g/mol. The molecule has 3 heteroatoms. The van der Waals surface area contributed by atoms with Crippen molar-refractivity contribution in [2.45, 2.75) is 26.7 Å². The molecule has 1 aromatic carbocycles. The van der Waals surface area contributed by atoms with Crippen LogP contribution in [0.15, 0.2) is 36.4 Å². The van der Waals surface area contributed by atoms with Gasteiger partial charge in [-0.15, -0.1) is 0 Å². The van der Waals surface area contributed by atoms with E-state index in [9.17, 15) is 4.79 Å². The van der Waals surface area contributed by atoms with Gasteiger partial charge in [0.25, 0.3) is 0 Å². The third-order valence-electron chi connectivity index (χ3n) is 3.16. The normalized spacial score (nSPS) is 11.9. The van der Waals surface area contributed by atoms with Crippen molar-refractivity contribution in [3.8, 4) is 0 Å². The van der Waals surface area contributed by atoms with Crippen molar-refractivity contribution in [3.05, 3.63) is 47.5 Å². The number of benzene rings is 1. The molecule has 0 N–H and O–H groups in total. The highest BCUT2D eigenvalue weighted by molar-refractivity contribution is 5.86. The first-order valence-electron chi connectivity index (χ1n) is 6.96. The van der Waals surface area contributed by atoms with Crippen LogP contribution in [0.5, 0.6) is 0 Å². The van der Waals surface area contributed by atoms with Gasteiger partial charge in [-0.2, -0.15) is 0 Å². The standard InChI is InChI=1S/C17H24O3/c1-5-14-6-8-15(9-7-14)10-16(11-19-4)12-20-17(18)13(2)3/h6-9,16H,2,5,10-12H2,1,3-4H3. The van der Waals surface area contributed by atoms with Crippen LogP contribution in [-0.2, 0) is 27.1 Å². The minimum Gasteiger partial charge on any atom is -0.462 e. The number of hydrogen-bond donors (Lipinski definition) is 0. The molecule has 0 radical (unpaired) electrons. The molecular weight excluding hydrogens is 252 g/mol. The molecule has 0 aliphatic heterocycles. The Morgan fingerprint density at radius 1 is 1.20 bits per heavy atom. The molecule has 0 fully saturated rings. The van der Waals surface area contributed by atoms with Gasteiger partial charge in [-0.3, -0.25) is 0 Å². The van der Waals surface area contributed by atoms with Gasteiger partial charge in [0.05, 0.1) is 13.2 Å². The number of aryl methyl sites for hydroxylation is 1. The van der Waals surface area contributed by atoms with E-state index >= 15 is 0 Å². The van der Waals surface area contributed by atoms with Crippen molar-refractivity contribution in [1.29, 1.82) is 0 Å². The van der Waals surface area contributed by atoms with E-state index in [4.69, 9.17) is 9.47 Å². The van der Waals surface area contributed by atoms with Crippen LogP contribution in [0.2, 0.25) is 0 Å². The van der Waals surface area contributed by atoms with Gasteiger partial charge in [0.1, 0.15) is 0 Å². The van der Waals surface area contributed by atoms with Crippen molar-refractivity contribution >= 4 is 5.97 Å². The first-order valence-corrected chi connectivity index (χ1v) is 6.96. The molecule has 0 bridgehead atoms. The number of rotatable bonds is 8. The van der Waals surface area contributed by atoms with E-state index in [2.05, 4.69) is 37.8 Å². The van der Waals surface area contributed by atoms with Crippen LogP contribution in [0.4, 0.5) is 0 Å². The fraction of sp³-hybridized carbons (Fsp3) is 0.471. The third kappa shape index (κ3) is 5.57. The van der Waals surface area contributed by atoms with Crippen LogP contribution in [0.1, 0.15) is 25.0 Å². The fourth-order valence-electron chi connectivity index (χ4n) is 1.96. The maximum Gasteiger partial charge on any atom is 0.333 e. The molecule has 0 heterocycles. The summed E-state index contributed by atoms with van der Waals surface area (Å²) in [6.07, 6.45) is 1.87. The van der Waals surface area contributed by atoms with Gasteiger partial charge < -0.3 is 9.47 Å². The summed E-state index contributed by atoms with van der Waals surface area (Å²) in [4.78, 5) is 11.4. The summed E-state index contributed by atoms with van der Waals surface area (Å²) in [5, 5.41) is 0. The van der Waals surface area contributed by atoms with Crippen LogP contribution >= 0.6 is 0 Å². The molecule has 110 valence electrons. The first-order chi connectivity index (χ1) is 9.56. The number of hydrogen-bond acceptors (Lipinski definition) is 3. The molecule has 0 saturated carbocycles. The fourth-order valence-corrected chi connectivity index (χ4v) is 1.96. The highest BCUT2D eigenvalue weighted by atomic mass is 16.5. The molecule has 0 aliphatic rings. The van der Waals surface area contributed by atoms with Crippen molar-refractivity contribution in [1.82, 2.24) is 0 Å². The smallest absolute Gasteiger partial charge is 0.333 e. The van der Waals surface area contributed by atoms with Crippen LogP contribution in [0, 0.1) is 5.92 Å². The second-order valence-electron chi connectivity index (χ2n) is 5.07. The molecule has 1 unspecified atom stereocenters. The molecular formula is C17H24O3. The van der Waals surface area contributed by atoms with Crippen LogP contribution < -0.4 is 0 Å². The Morgan fingerprint density at radius 2 is 1.80 bits per heavy atom. The first kappa shape index (κ1) is 16.4. The molecule has 3 nitrogen and oxygen atoms in total. The third-order valence-corrected chi connectivity index (χ3v) is 3.16. The van der Waals surface area contributed by atoms with Crippen molar-refractivity contribution in [3.63, 3.8) is 0 Å². The zero-order valence-electron chi connectivity index (χ0n) is 12.6. The summed E-state index contributed by atoms with van der Waals surface area (Å²) in [5.41, 5.74) is 2.98. The maximum atomic E-state index is 11.4. The number of ether oxygens (including phenoxy) is 2. The Bertz CT molecular complexity index is 434. The van der Waals surface area contributed by atoms with E-state index in [0.29, 0.717) is 18.8 Å². The average molecular weight is 276 g/mol. The lowest BCUT2D eigenvalue weighted by molar-refractivity contribution is -0.140. The molecule has 0 aliphatic carbocycles. The van der Waals surface area contributed by atoms with Gasteiger partial charge in [-0.05, 0) is 30.9 Å². The molecule has 0 amide bonds. The molecule has 0 saturated heterocycles. The molecule has 20 heavy (non-hydrogen) atoms. The molecule has 1 atom stereocenters. The van der Waals surface area contributed by atoms with Gasteiger partial charge in [0.15, 0.2) is 0 Å². The molecule has 0 aromatic heterocycles. The lowest BCUT2D eigenvalue weighted by Gasteiger charge is -2.16. The topological polar surface area (TPSA) is 35.5 Å².